The SMILES string of the molecule is CC(Nc1ccc(Br)cc1C(F)(F)F)C(=O)N(C)C. The maximum atomic E-state index is 12.9. The van der Waals surface area contributed by atoms with Crippen molar-refractivity contribution in [3.8, 4) is 0 Å². The van der Waals surface area contributed by atoms with Crippen molar-refractivity contribution >= 4 is 27.5 Å². The molecule has 7 heteroatoms. The van der Waals surface area contributed by atoms with Crippen LogP contribution in [0.25, 0.3) is 0 Å². The largest absolute Gasteiger partial charge is 0.418 e. The van der Waals surface area contributed by atoms with E-state index in [1.807, 2.05) is 0 Å². The molecule has 1 unspecified atom stereocenters. The first-order valence-electron chi connectivity index (χ1n) is 5.47. The smallest absolute Gasteiger partial charge is 0.373 e. The Labute approximate surface area is 117 Å². The maximum absolute atomic E-state index is 12.9. The van der Waals surface area contributed by atoms with Gasteiger partial charge in [0.1, 0.15) is 6.04 Å². The van der Waals surface area contributed by atoms with Crippen LogP contribution in [0.1, 0.15) is 12.5 Å². The first-order chi connectivity index (χ1) is 8.62. The van der Waals surface area contributed by atoms with Gasteiger partial charge in [-0.2, -0.15) is 13.2 Å². The van der Waals surface area contributed by atoms with Crippen molar-refractivity contribution < 1.29 is 18.0 Å². The number of likely N-dealkylation sites (N-methyl/N-ethyl adjacent to an activating group) is 1. The van der Waals surface area contributed by atoms with E-state index in [0.717, 1.165) is 6.07 Å². The summed E-state index contributed by atoms with van der Waals surface area (Å²) in [5, 5.41) is 2.59. The van der Waals surface area contributed by atoms with Crippen molar-refractivity contribution in [1.29, 1.82) is 0 Å². The molecule has 1 rings (SSSR count). The second-order valence-electron chi connectivity index (χ2n) is 4.29. The molecule has 0 aromatic heterocycles. The number of halogens is 4. The third kappa shape index (κ3) is 4.12. The van der Waals surface area contributed by atoms with E-state index in [1.165, 1.54) is 24.0 Å². The van der Waals surface area contributed by atoms with Crippen molar-refractivity contribution in [2.75, 3.05) is 19.4 Å². The maximum Gasteiger partial charge on any atom is 0.418 e. The first-order valence-corrected chi connectivity index (χ1v) is 6.26. The monoisotopic (exact) mass is 338 g/mol. The molecule has 0 fully saturated rings. The molecule has 1 atom stereocenters. The van der Waals surface area contributed by atoms with Gasteiger partial charge in [-0.05, 0) is 25.1 Å². The molecule has 0 bridgehead atoms. The highest BCUT2D eigenvalue weighted by Gasteiger charge is 2.34. The molecule has 0 aliphatic rings. The highest BCUT2D eigenvalue weighted by molar-refractivity contribution is 9.10. The predicted molar refractivity (Wildman–Crippen MR) is 70.9 cm³/mol. The van der Waals surface area contributed by atoms with Gasteiger partial charge in [-0.15, -0.1) is 0 Å². The van der Waals surface area contributed by atoms with E-state index in [1.54, 1.807) is 14.1 Å². The molecule has 1 aromatic rings. The van der Waals surface area contributed by atoms with Crippen LogP contribution < -0.4 is 5.32 Å². The summed E-state index contributed by atoms with van der Waals surface area (Å²) in [4.78, 5) is 13.0. The van der Waals surface area contributed by atoms with Crippen LogP contribution in [0, 0.1) is 0 Å². The Bertz CT molecular complexity index is 475. The van der Waals surface area contributed by atoms with Crippen molar-refractivity contribution in [2.45, 2.75) is 19.1 Å². The van der Waals surface area contributed by atoms with E-state index in [0.29, 0.717) is 4.47 Å². The molecule has 0 saturated heterocycles. The van der Waals surface area contributed by atoms with Gasteiger partial charge in [-0.3, -0.25) is 4.79 Å². The standard InChI is InChI=1S/C12H14BrF3N2O/c1-7(11(19)18(2)3)17-10-5-4-8(13)6-9(10)12(14,15)16/h4-7,17H,1-3H3. The number of nitrogens with one attached hydrogen (secondary N) is 1. The molecule has 3 nitrogen and oxygen atoms in total. The fourth-order valence-corrected chi connectivity index (χ4v) is 1.92. The van der Waals surface area contributed by atoms with Gasteiger partial charge in [0, 0.05) is 24.3 Å². The van der Waals surface area contributed by atoms with Crippen molar-refractivity contribution in [3.05, 3.63) is 28.2 Å². The third-order valence-electron chi connectivity index (χ3n) is 2.47. The van der Waals surface area contributed by atoms with E-state index in [4.69, 9.17) is 0 Å². The summed E-state index contributed by atoms with van der Waals surface area (Å²) in [6.45, 7) is 1.52. The molecule has 0 radical (unpaired) electrons. The second kappa shape index (κ2) is 5.81. The van der Waals surface area contributed by atoms with Gasteiger partial charge >= 0.3 is 6.18 Å². The average molecular weight is 339 g/mol. The van der Waals surface area contributed by atoms with Crippen LogP contribution in [0.4, 0.5) is 18.9 Å². The van der Waals surface area contributed by atoms with E-state index in [-0.39, 0.29) is 11.6 Å². The van der Waals surface area contributed by atoms with Crippen molar-refractivity contribution in [2.24, 2.45) is 0 Å². The number of hydrogen-bond acceptors (Lipinski definition) is 2. The van der Waals surface area contributed by atoms with Crippen LogP contribution in [0.5, 0.6) is 0 Å². The Morgan fingerprint density at radius 3 is 2.42 bits per heavy atom. The highest BCUT2D eigenvalue weighted by Crippen LogP contribution is 2.36. The zero-order valence-corrected chi connectivity index (χ0v) is 12.3. The number of nitrogens with zero attached hydrogens (tertiary/aromatic N) is 1. The lowest BCUT2D eigenvalue weighted by Crippen LogP contribution is -2.37. The summed E-state index contributed by atoms with van der Waals surface area (Å²) < 4.78 is 39.0. The molecule has 0 aliphatic heterocycles. The molecular weight excluding hydrogens is 325 g/mol. The highest BCUT2D eigenvalue weighted by atomic mass is 79.9. The number of carbonyl (C=O) groups excluding carboxylic acids is 1. The molecule has 0 spiro atoms. The van der Waals surface area contributed by atoms with Gasteiger partial charge in [0.15, 0.2) is 0 Å². The molecule has 0 aliphatic carbocycles. The number of anilines is 1. The Morgan fingerprint density at radius 2 is 1.95 bits per heavy atom. The molecule has 106 valence electrons. The summed E-state index contributed by atoms with van der Waals surface area (Å²) in [6.07, 6.45) is -4.48. The van der Waals surface area contributed by atoms with Crippen LogP contribution in [-0.2, 0) is 11.0 Å². The predicted octanol–water partition coefficient (Wildman–Crippen LogP) is 3.36. The van der Waals surface area contributed by atoms with Gasteiger partial charge in [0.25, 0.3) is 0 Å². The third-order valence-corrected chi connectivity index (χ3v) is 2.96. The molecule has 0 saturated carbocycles. The molecular formula is C12H14BrF3N2O. The first kappa shape index (κ1) is 15.8. The van der Waals surface area contributed by atoms with Crippen molar-refractivity contribution in [3.63, 3.8) is 0 Å². The fraction of sp³-hybridized carbons (Fsp3) is 0.417. The second-order valence-corrected chi connectivity index (χ2v) is 5.20. The van der Waals surface area contributed by atoms with E-state index < -0.39 is 17.8 Å². The lowest BCUT2D eigenvalue weighted by atomic mass is 10.1. The van der Waals surface area contributed by atoms with E-state index in [2.05, 4.69) is 21.2 Å². The van der Waals surface area contributed by atoms with Crippen LogP contribution in [-0.4, -0.2) is 30.9 Å². The van der Waals surface area contributed by atoms with Crippen LogP contribution >= 0.6 is 15.9 Å². The Kier molecular flexibility index (Phi) is 4.84. The molecule has 1 aromatic carbocycles. The Hall–Kier alpha value is -1.24. The molecule has 1 amide bonds. The van der Waals surface area contributed by atoms with Gasteiger partial charge in [-0.25, -0.2) is 0 Å². The minimum atomic E-state index is -4.48. The normalized spacial score (nSPS) is 13.0. The number of alkyl halides is 3. The summed E-state index contributed by atoms with van der Waals surface area (Å²) in [7, 11) is 3.10. The van der Waals surface area contributed by atoms with Crippen molar-refractivity contribution in [1.82, 2.24) is 4.90 Å². The number of hydrogen-bond donors (Lipinski definition) is 1. The number of benzene rings is 1. The quantitative estimate of drug-likeness (QED) is 0.916. The Morgan fingerprint density at radius 1 is 1.37 bits per heavy atom. The summed E-state index contributed by atoms with van der Waals surface area (Å²) in [5.41, 5.74) is -0.918. The topological polar surface area (TPSA) is 32.3 Å². The molecule has 19 heavy (non-hydrogen) atoms. The van der Waals surface area contributed by atoms with Crippen LogP contribution in [0.15, 0.2) is 22.7 Å². The summed E-state index contributed by atoms with van der Waals surface area (Å²) in [6, 6.07) is 3.03. The minimum Gasteiger partial charge on any atom is -0.373 e. The number of rotatable bonds is 3. The minimum absolute atomic E-state index is 0.113. The lowest BCUT2D eigenvalue weighted by molar-refractivity contribution is -0.137. The van der Waals surface area contributed by atoms with E-state index >= 15 is 0 Å². The average Bonchev–Trinajstić information content (AvgIpc) is 2.28. The van der Waals surface area contributed by atoms with Crippen LogP contribution in [0.3, 0.4) is 0 Å². The lowest BCUT2D eigenvalue weighted by Gasteiger charge is -2.21. The van der Waals surface area contributed by atoms with E-state index in [9.17, 15) is 18.0 Å². The zero-order valence-electron chi connectivity index (χ0n) is 10.7. The Balaban J connectivity index is 3.05. The van der Waals surface area contributed by atoms with Gasteiger partial charge in [0.2, 0.25) is 5.91 Å². The summed E-state index contributed by atoms with van der Waals surface area (Å²) >= 11 is 3.00. The van der Waals surface area contributed by atoms with Gasteiger partial charge < -0.3 is 10.2 Å². The summed E-state index contributed by atoms with van der Waals surface area (Å²) in [5.74, 6) is -0.295. The number of amides is 1. The van der Waals surface area contributed by atoms with Gasteiger partial charge in [-0.1, -0.05) is 15.9 Å². The molecule has 1 N–H and O–H groups in total. The fourth-order valence-electron chi connectivity index (χ4n) is 1.56. The number of carbonyl (C=O) groups is 1. The molecule has 0 heterocycles. The van der Waals surface area contributed by atoms with Gasteiger partial charge in [0.05, 0.1) is 5.56 Å². The van der Waals surface area contributed by atoms with Crippen LogP contribution in [0.2, 0.25) is 0 Å². The zero-order chi connectivity index (χ0) is 14.8.